The molecule has 1 unspecified atom stereocenters. The lowest BCUT2D eigenvalue weighted by Crippen LogP contribution is -2.31. The third-order valence-electron chi connectivity index (χ3n) is 5.27. The van der Waals surface area contributed by atoms with E-state index in [0.29, 0.717) is 0 Å². The van der Waals surface area contributed by atoms with E-state index in [9.17, 15) is 0 Å². The summed E-state index contributed by atoms with van der Waals surface area (Å²) in [6, 6.07) is 4.32. The lowest BCUT2D eigenvalue weighted by Gasteiger charge is -2.41. The molecule has 2 aromatic rings. The number of hydrogen-bond acceptors (Lipinski definition) is 1. The molecule has 1 aromatic carbocycles. The van der Waals surface area contributed by atoms with Crippen molar-refractivity contribution >= 4 is 17.7 Å². The topological polar surface area (TPSA) is 17.8 Å². The molecule has 114 valence electrons. The molecule has 2 nitrogen and oxygen atoms in total. The summed E-state index contributed by atoms with van der Waals surface area (Å²) < 4.78 is 2.15. The van der Waals surface area contributed by atoms with Crippen molar-refractivity contribution in [1.29, 1.82) is 0 Å². The third kappa shape index (κ3) is 2.30. The summed E-state index contributed by atoms with van der Waals surface area (Å²) in [6.45, 7) is 3.42. The number of rotatable bonds is 3. The molecule has 2 aliphatic carbocycles. The average molecular weight is 313 g/mol. The van der Waals surface area contributed by atoms with Gasteiger partial charge in [-0.15, -0.1) is 0 Å². The van der Waals surface area contributed by atoms with Crippen LogP contribution in [0.2, 0.25) is 5.02 Å². The zero-order chi connectivity index (χ0) is 15.2. The van der Waals surface area contributed by atoms with Gasteiger partial charge in [0.1, 0.15) is 0 Å². The Bertz CT molecular complexity index is 730. The van der Waals surface area contributed by atoms with Crippen molar-refractivity contribution in [3.05, 3.63) is 58.1 Å². The first-order valence-corrected chi connectivity index (χ1v) is 8.51. The molecule has 2 aliphatic rings. The van der Waals surface area contributed by atoms with Crippen LogP contribution in [0.1, 0.15) is 49.3 Å². The minimum absolute atomic E-state index is 0.271. The van der Waals surface area contributed by atoms with Crippen LogP contribution in [0.5, 0.6) is 0 Å². The van der Waals surface area contributed by atoms with Gasteiger partial charge in [0.05, 0.1) is 6.33 Å². The molecule has 0 amide bonds. The van der Waals surface area contributed by atoms with E-state index in [1.807, 2.05) is 18.7 Å². The number of allylic oxidation sites excluding steroid dienone is 1. The van der Waals surface area contributed by atoms with Crippen LogP contribution in [0.25, 0.3) is 6.08 Å². The van der Waals surface area contributed by atoms with Crippen molar-refractivity contribution in [1.82, 2.24) is 9.55 Å². The second kappa shape index (κ2) is 5.27. The van der Waals surface area contributed by atoms with Crippen LogP contribution in [0.15, 0.2) is 36.4 Å². The van der Waals surface area contributed by atoms with Crippen molar-refractivity contribution in [3.63, 3.8) is 0 Å². The number of halogens is 1. The van der Waals surface area contributed by atoms with Crippen LogP contribution < -0.4 is 0 Å². The number of hydrogen-bond donors (Lipinski definition) is 0. The zero-order valence-electron chi connectivity index (χ0n) is 13.0. The largest absolute Gasteiger partial charge is 0.337 e. The SMILES string of the molecule is CC12CCCc3ccc(Cl)c(c31)C=C(CCn1ccnc1)C2. The maximum atomic E-state index is 6.53. The van der Waals surface area contributed by atoms with E-state index >= 15 is 0 Å². The number of nitrogens with zero attached hydrogens (tertiary/aromatic N) is 2. The second-order valence-electron chi connectivity index (χ2n) is 6.94. The molecule has 0 saturated carbocycles. The van der Waals surface area contributed by atoms with Crippen LogP contribution in [-0.2, 0) is 18.4 Å². The highest BCUT2D eigenvalue weighted by molar-refractivity contribution is 6.32. The Balaban J connectivity index is 1.71. The highest BCUT2D eigenvalue weighted by atomic mass is 35.5. The van der Waals surface area contributed by atoms with Gasteiger partial charge in [-0.1, -0.05) is 36.2 Å². The Kier molecular flexibility index (Phi) is 3.37. The average Bonchev–Trinajstić information content (AvgIpc) is 3.01. The standard InChI is InChI=1S/C19H21ClN2/c1-19-7-2-3-15-4-5-17(20)16(18(15)19)11-14(12-19)6-9-22-10-8-21-13-22/h4-5,8,10-11,13H,2-3,6-7,9,12H2,1H3. The van der Waals surface area contributed by atoms with Crippen LogP contribution in [-0.4, -0.2) is 9.55 Å². The van der Waals surface area contributed by atoms with Crippen LogP contribution >= 0.6 is 11.6 Å². The van der Waals surface area contributed by atoms with Crippen molar-refractivity contribution in [2.45, 2.75) is 51.0 Å². The van der Waals surface area contributed by atoms with E-state index in [2.05, 4.69) is 34.7 Å². The number of imidazole rings is 1. The van der Waals surface area contributed by atoms with E-state index in [1.54, 1.807) is 0 Å². The molecule has 1 atom stereocenters. The first-order valence-electron chi connectivity index (χ1n) is 8.13. The lowest BCUT2D eigenvalue weighted by atomic mass is 9.63. The minimum Gasteiger partial charge on any atom is -0.337 e. The second-order valence-corrected chi connectivity index (χ2v) is 7.35. The lowest BCUT2D eigenvalue weighted by molar-refractivity contribution is 0.380. The van der Waals surface area contributed by atoms with E-state index in [4.69, 9.17) is 11.6 Å². The van der Waals surface area contributed by atoms with Crippen molar-refractivity contribution in [2.75, 3.05) is 0 Å². The molecule has 1 aromatic heterocycles. The van der Waals surface area contributed by atoms with Crippen LogP contribution in [0, 0.1) is 0 Å². The first-order chi connectivity index (χ1) is 10.7. The third-order valence-corrected chi connectivity index (χ3v) is 5.60. The maximum Gasteiger partial charge on any atom is 0.0946 e. The van der Waals surface area contributed by atoms with Gasteiger partial charge in [-0.3, -0.25) is 0 Å². The number of aromatic nitrogens is 2. The molecule has 0 aliphatic heterocycles. The molecular weight excluding hydrogens is 292 g/mol. The molecule has 0 radical (unpaired) electrons. The predicted octanol–water partition coefficient (Wildman–Crippen LogP) is 5.01. The fraction of sp³-hybridized carbons (Fsp3) is 0.421. The van der Waals surface area contributed by atoms with Crippen molar-refractivity contribution in [2.24, 2.45) is 0 Å². The number of aryl methyl sites for hydroxylation is 2. The van der Waals surface area contributed by atoms with Gasteiger partial charge < -0.3 is 4.57 Å². The monoisotopic (exact) mass is 312 g/mol. The Hall–Kier alpha value is -1.54. The normalized spacial score (nSPS) is 23.1. The van der Waals surface area contributed by atoms with Crippen molar-refractivity contribution in [3.8, 4) is 0 Å². The Morgan fingerprint density at radius 2 is 2.27 bits per heavy atom. The smallest absolute Gasteiger partial charge is 0.0946 e. The van der Waals surface area contributed by atoms with E-state index in [-0.39, 0.29) is 5.41 Å². The fourth-order valence-electron chi connectivity index (χ4n) is 4.28. The van der Waals surface area contributed by atoms with Crippen molar-refractivity contribution < 1.29 is 0 Å². The molecule has 4 rings (SSSR count). The first kappa shape index (κ1) is 14.1. The fourth-order valence-corrected chi connectivity index (χ4v) is 4.49. The van der Waals surface area contributed by atoms with Gasteiger partial charge in [0.25, 0.3) is 0 Å². The van der Waals surface area contributed by atoms with Gasteiger partial charge in [-0.05, 0) is 60.3 Å². The molecule has 0 spiro atoms. The Morgan fingerprint density at radius 1 is 1.36 bits per heavy atom. The summed E-state index contributed by atoms with van der Waals surface area (Å²) in [5.41, 5.74) is 6.11. The summed E-state index contributed by atoms with van der Waals surface area (Å²) >= 11 is 6.53. The van der Waals surface area contributed by atoms with E-state index < -0.39 is 0 Å². The van der Waals surface area contributed by atoms with Gasteiger partial charge in [0.2, 0.25) is 0 Å². The zero-order valence-corrected chi connectivity index (χ0v) is 13.7. The van der Waals surface area contributed by atoms with E-state index in [0.717, 1.165) is 18.0 Å². The molecule has 0 N–H and O–H groups in total. The molecule has 0 bridgehead atoms. The molecule has 1 heterocycles. The van der Waals surface area contributed by atoms with Gasteiger partial charge in [-0.2, -0.15) is 0 Å². The molecule has 0 saturated heterocycles. The highest BCUT2D eigenvalue weighted by Crippen LogP contribution is 2.49. The summed E-state index contributed by atoms with van der Waals surface area (Å²) in [5.74, 6) is 0. The van der Waals surface area contributed by atoms with Crippen LogP contribution in [0.4, 0.5) is 0 Å². The summed E-state index contributed by atoms with van der Waals surface area (Å²) in [5, 5.41) is 0.909. The predicted molar refractivity (Wildman–Crippen MR) is 91.2 cm³/mol. The van der Waals surface area contributed by atoms with Gasteiger partial charge in [-0.25, -0.2) is 4.98 Å². The quantitative estimate of drug-likeness (QED) is 0.779. The molecule has 22 heavy (non-hydrogen) atoms. The Labute approximate surface area is 136 Å². The van der Waals surface area contributed by atoms with Gasteiger partial charge in [0.15, 0.2) is 0 Å². The van der Waals surface area contributed by atoms with E-state index in [1.165, 1.54) is 47.9 Å². The van der Waals surface area contributed by atoms with Crippen LogP contribution in [0.3, 0.4) is 0 Å². The summed E-state index contributed by atoms with van der Waals surface area (Å²) in [7, 11) is 0. The Morgan fingerprint density at radius 3 is 3.09 bits per heavy atom. The highest BCUT2D eigenvalue weighted by Gasteiger charge is 2.37. The van der Waals surface area contributed by atoms with Gasteiger partial charge >= 0.3 is 0 Å². The summed E-state index contributed by atoms with van der Waals surface area (Å²) in [6.07, 6.45) is 14.1. The number of benzene rings is 1. The molecule has 3 heteroatoms. The molecule has 0 fully saturated rings. The van der Waals surface area contributed by atoms with Gasteiger partial charge in [0, 0.05) is 24.0 Å². The molecular formula is C19H21ClN2. The summed E-state index contributed by atoms with van der Waals surface area (Å²) in [4.78, 5) is 4.12. The minimum atomic E-state index is 0.271. The maximum absolute atomic E-state index is 6.53.